The molecule has 0 amide bonds. The van der Waals surface area contributed by atoms with Gasteiger partial charge in [-0.15, -0.1) is 0 Å². The first-order chi connectivity index (χ1) is 5.17. The Kier molecular flexibility index (Phi) is 2.75. The zero-order valence-electron chi connectivity index (χ0n) is 8.11. The highest BCUT2D eigenvalue weighted by molar-refractivity contribution is 5.14. The topological polar surface area (TPSA) is 0 Å². The standard InChI is InChI=1S/C11H20/c1-4-7-10-8-5-6-9-11(10,2)3/h8H,4-7,9H2,1-3H3. The van der Waals surface area contributed by atoms with Crippen molar-refractivity contribution in [2.45, 2.75) is 52.9 Å². The van der Waals surface area contributed by atoms with Gasteiger partial charge in [0.1, 0.15) is 0 Å². The lowest BCUT2D eigenvalue weighted by Crippen LogP contribution is -2.17. The van der Waals surface area contributed by atoms with Crippen molar-refractivity contribution in [3.8, 4) is 0 Å². The van der Waals surface area contributed by atoms with Crippen LogP contribution >= 0.6 is 0 Å². The number of hydrogen-bond acceptors (Lipinski definition) is 0. The molecule has 64 valence electrons. The van der Waals surface area contributed by atoms with Crippen LogP contribution in [0.1, 0.15) is 52.9 Å². The highest BCUT2D eigenvalue weighted by Gasteiger charge is 2.24. The Labute approximate surface area is 70.7 Å². The van der Waals surface area contributed by atoms with Crippen LogP contribution in [0.2, 0.25) is 0 Å². The minimum absolute atomic E-state index is 0.508. The molecule has 0 nitrogen and oxygen atoms in total. The van der Waals surface area contributed by atoms with Crippen molar-refractivity contribution in [3.05, 3.63) is 11.6 Å². The fraction of sp³-hybridized carbons (Fsp3) is 0.818. The van der Waals surface area contributed by atoms with E-state index in [0.29, 0.717) is 5.41 Å². The lowest BCUT2D eigenvalue weighted by atomic mass is 9.74. The summed E-state index contributed by atoms with van der Waals surface area (Å²) in [5.41, 5.74) is 2.21. The van der Waals surface area contributed by atoms with Gasteiger partial charge in [-0.05, 0) is 31.1 Å². The van der Waals surface area contributed by atoms with E-state index >= 15 is 0 Å². The van der Waals surface area contributed by atoms with Crippen LogP contribution in [0.15, 0.2) is 11.6 Å². The van der Waals surface area contributed by atoms with E-state index in [2.05, 4.69) is 26.8 Å². The zero-order chi connectivity index (χ0) is 8.32. The van der Waals surface area contributed by atoms with E-state index in [0.717, 1.165) is 0 Å². The molecule has 0 unspecified atom stereocenters. The lowest BCUT2D eigenvalue weighted by Gasteiger charge is -2.31. The van der Waals surface area contributed by atoms with E-state index in [1.807, 2.05) is 0 Å². The SMILES string of the molecule is CCCC1=CCCCC1(C)C. The van der Waals surface area contributed by atoms with E-state index in [4.69, 9.17) is 0 Å². The molecule has 0 heterocycles. The Morgan fingerprint density at radius 2 is 2.18 bits per heavy atom. The van der Waals surface area contributed by atoms with E-state index in [9.17, 15) is 0 Å². The Balaban J connectivity index is 2.64. The molecule has 0 saturated heterocycles. The summed E-state index contributed by atoms with van der Waals surface area (Å²) in [6.45, 7) is 7.03. The molecule has 0 N–H and O–H groups in total. The fourth-order valence-corrected chi connectivity index (χ4v) is 1.97. The minimum atomic E-state index is 0.508. The van der Waals surface area contributed by atoms with Gasteiger partial charge in [0.25, 0.3) is 0 Å². The molecular weight excluding hydrogens is 132 g/mol. The van der Waals surface area contributed by atoms with Gasteiger partial charge in [0.05, 0.1) is 0 Å². The molecule has 11 heavy (non-hydrogen) atoms. The van der Waals surface area contributed by atoms with Gasteiger partial charge in [-0.3, -0.25) is 0 Å². The van der Waals surface area contributed by atoms with Gasteiger partial charge in [-0.25, -0.2) is 0 Å². The summed E-state index contributed by atoms with van der Waals surface area (Å²) in [5.74, 6) is 0. The number of rotatable bonds is 2. The molecule has 0 aliphatic heterocycles. The maximum absolute atomic E-state index is 2.47. The predicted octanol–water partition coefficient (Wildman–Crippen LogP) is 3.92. The van der Waals surface area contributed by atoms with Crippen molar-refractivity contribution in [2.24, 2.45) is 5.41 Å². The van der Waals surface area contributed by atoms with Gasteiger partial charge < -0.3 is 0 Å². The second kappa shape index (κ2) is 3.42. The highest BCUT2D eigenvalue weighted by atomic mass is 14.3. The Bertz CT molecular complexity index is 151. The van der Waals surface area contributed by atoms with Crippen molar-refractivity contribution < 1.29 is 0 Å². The Morgan fingerprint density at radius 3 is 2.73 bits per heavy atom. The van der Waals surface area contributed by atoms with Crippen LogP contribution in [0.5, 0.6) is 0 Å². The molecule has 0 heteroatoms. The second-order valence-electron chi connectivity index (χ2n) is 4.26. The number of allylic oxidation sites excluding steroid dienone is 2. The molecule has 0 spiro atoms. The van der Waals surface area contributed by atoms with E-state index in [-0.39, 0.29) is 0 Å². The normalized spacial score (nSPS) is 23.0. The zero-order valence-corrected chi connectivity index (χ0v) is 8.11. The maximum atomic E-state index is 2.47. The summed E-state index contributed by atoms with van der Waals surface area (Å²) >= 11 is 0. The average Bonchev–Trinajstić information content (AvgIpc) is 1.94. The van der Waals surface area contributed by atoms with Gasteiger partial charge in [0, 0.05) is 0 Å². The minimum Gasteiger partial charge on any atom is -0.0848 e. The smallest absolute Gasteiger partial charge is 0.0145 e. The van der Waals surface area contributed by atoms with Crippen molar-refractivity contribution >= 4 is 0 Å². The molecule has 0 fully saturated rings. The van der Waals surface area contributed by atoms with Crippen LogP contribution in [-0.2, 0) is 0 Å². The molecule has 0 atom stereocenters. The van der Waals surface area contributed by atoms with Gasteiger partial charge in [0.2, 0.25) is 0 Å². The van der Waals surface area contributed by atoms with Crippen LogP contribution in [0.25, 0.3) is 0 Å². The average molecular weight is 152 g/mol. The molecule has 1 rings (SSSR count). The third kappa shape index (κ3) is 2.08. The Hall–Kier alpha value is -0.260. The molecule has 0 saturated carbocycles. The fourth-order valence-electron chi connectivity index (χ4n) is 1.97. The highest BCUT2D eigenvalue weighted by Crippen LogP contribution is 2.38. The second-order valence-corrected chi connectivity index (χ2v) is 4.26. The summed E-state index contributed by atoms with van der Waals surface area (Å²) in [6, 6.07) is 0. The maximum Gasteiger partial charge on any atom is -0.0145 e. The molecule has 0 bridgehead atoms. The van der Waals surface area contributed by atoms with Crippen LogP contribution < -0.4 is 0 Å². The first-order valence-electron chi connectivity index (χ1n) is 4.86. The van der Waals surface area contributed by atoms with Crippen LogP contribution in [-0.4, -0.2) is 0 Å². The van der Waals surface area contributed by atoms with Gasteiger partial charge >= 0.3 is 0 Å². The molecule has 0 aromatic heterocycles. The third-order valence-corrected chi connectivity index (χ3v) is 2.79. The summed E-state index contributed by atoms with van der Waals surface area (Å²) in [6.07, 6.45) is 9.17. The summed E-state index contributed by atoms with van der Waals surface area (Å²) in [4.78, 5) is 0. The van der Waals surface area contributed by atoms with Crippen molar-refractivity contribution in [2.75, 3.05) is 0 Å². The lowest BCUT2D eigenvalue weighted by molar-refractivity contribution is 0.362. The monoisotopic (exact) mass is 152 g/mol. The van der Waals surface area contributed by atoms with Crippen LogP contribution in [0, 0.1) is 5.41 Å². The van der Waals surface area contributed by atoms with Gasteiger partial charge in [-0.1, -0.05) is 38.8 Å². The summed E-state index contributed by atoms with van der Waals surface area (Å²) in [7, 11) is 0. The molecule has 0 aromatic carbocycles. The van der Waals surface area contributed by atoms with Crippen LogP contribution in [0.4, 0.5) is 0 Å². The van der Waals surface area contributed by atoms with Gasteiger partial charge in [-0.2, -0.15) is 0 Å². The van der Waals surface area contributed by atoms with E-state index < -0.39 is 0 Å². The van der Waals surface area contributed by atoms with E-state index in [1.165, 1.54) is 32.1 Å². The molecule has 1 aliphatic carbocycles. The largest absolute Gasteiger partial charge is 0.0848 e. The summed E-state index contributed by atoms with van der Waals surface area (Å²) < 4.78 is 0. The van der Waals surface area contributed by atoms with Gasteiger partial charge in [0.15, 0.2) is 0 Å². The van der Waals surface area contributed by atoms with Crippen molar-refractivity contribution in [1.29, 1.82) is 0 Å². The first kappa shape index (κ1) is 8.83. The number of hydrogen-bond donors (Lipinski definition) is 0. The molecule has 0 radical (unpaired) electrons. The quantitative estimate of drug-likeness (QED) is 0.526. The van der Waals surface area contributed by atoms with Crippen molar-refractivity contribution in [1.82, 2.24) is 0 Å². The molecular formula is C11H20. The summed E-state index contributed by atoms with van der Waals surface area (Å²) in [5, 5.41) is 0. The molecule has 0 aromatic rings. The first-order valence-corrected chi connectivity index (χ1v) is 4.86. The predicted molar refractivity (Wildman–Crippen MR) is 50.6 cm³/mol. The van der Waals surface area contributed by atoms with Crippen molar-refractivity contribution in [3.63, 3.8) is 0 Å². The van der Waals surface area contributed by atoms with E-state index in [1.54, 1.807) is 5.57 Å². The van der Waals surface area contributed by atoms with Crippen LogP contribution in [0.3, 0.4) is 0 Å². The molecule has 1 aliphatic rings. The third-order valence-electron chi connectivity index (χ3n) is 2.79. The Morgan fingerprint density at radius 1 is 1.45 bits per heavy atom.